The minimum atomic E-state index is 0.318. The first-order chi connectivity index (χ1) is 10.3. The number of rotatable bonds is 5. The van der Waals surface area contributed by atoms with Crippen molar-refractivity contribution < 1.29 is 14.2 Å². The van der Waals surface area contributed by atoms with Gasteiger partial charge in [-0.25, -0.2) is 0 Å². The zero-order valence-corrected chi connectivity index (χ0v) is 13.4. The van der Waals surface area contributed by atoms with Crippen LogP contribution in [-0.4, -0.2) is 44.0 Å². The molecule has 1 fully saturated rings. The third-order valence-corrected chi connectivity index (χ3v) is 5.67. The largest absolute Gasteiger partial charge is 0.486 e. The molecule has 116 valence electrons. The Morgan fingerprint density at radius 1 is 1.24 bits per heavy atom. The fourth-order valence-corrected chi connectivity index (χ4v) is 4.18. The Morgan fingerprint density at radius 2 is 2.05 bits per heavy atom. The van der Waals surface area contributed by atoms with Gasteiger partial charge in [-0.15, -0.1) is 0 Å². The normalized spacial score (nSPS) is 25.8. The summed E-state index contributed by atoms with van der Waals surface area (Å²) in [6, 6.07) is 6.56. The third kappa shape index (κ3) is 3.47. The lowest BCUT2D eigenvalue weighted by Gasteiger charge is -2.23. The van der Waals surface area contributed by atoms with Crippen LogP contribution in [0.3, 0.4) is 0 Å². The number of nitrogens with one attached hydrogen (secondary N) is 1. The lowest BCUT2D eigenvalue weighted by Crippen LogP contribution is -2.23. The van der Waals surface area contributed by atoms with Crippen LogP contribution in [0.25, 0.3) is 0 Å². The summed E-state index contributed by atoms with van der Waals surface area (Å²) < 4.78 is 16.9. The van der Waals surface area contributed by atoms with Crippen LogP contribution < -0.4 is 14.8 Å². The highest BCUT2D eigenvalue weighted by Gasteiger charge is 2.26. The molecular weight excluding hydrogens is 286 g/mol. The van der Waals surface area contributed by atoms with Crippen LogP contribution >= 0.6 is 11.8 Å². The fraction of sp³-hybridized carbons (Fsp3) is 0.625. The number of hydrogen-bond acceptors (Lipinski definition) is 5. The Kier molecular flexibility index (Phi) is 4.93. The molecule has 4 nitrogen and oxygen atoms in total. The molecule has 0 saturated carbocycles. The summed E-state index contributed by atoms with van der Waals surface area (Å²) in [6.07, 6.45) is 1.52. The Bertz CT molecular complexity index is 483. The fourth-order valence-electron chi connectivity index (χ4n) is 2.77. The maximum atomic E-state index is 5.67. The average Bonchev–Trinajstić information content (AvgIpc) is 2.93. The summed E-state index contributed by atoms with van der Waals surface area (Å²) in [5.41, 5.74) is 1.25. The third-order valence-electron chi connectivity index (χ3n) is 4.10. The van der Waals surface area contributed by atoms with Crippen LogP contribution in [-0.2, 0) is 4.74 Å². The highest BCUT2D eigenvalue weighted by molar-refractivity contribution is 8.00. The van der Waals surface area contributed by atoms with Crippen molar-refractivity contribution in [2.24, 2.45) is 0 Å². The smallest absolute Gasteiger partial charge is 0.161 e. The quantitative estimate of drug-likeness (QED) is 0.905. The molecule has 2 heterocycles. The number of benzene rings is 1. The molecule has 3 rings (SSSR count). The van der Waals surface area contributed by atoms with Crippen molar-refractivity contribution >= 4 is 11.8 Å². The molecular formula is C16H23NO3S. The van der Waals surface area contributed by atoms with Crippen molar-refractivity contribution in [3.05, 3.63) is 23.8 Å². The predicted octanol–water partition coefficient (Wildman–Crippen LogP) is 2.63. The number of ether oxygens (including phenoxy) is 3. The average molecular weight is 309 g/mol. The second kappa shape index (κ2) is 6.90. The lowest BCUT2D eigenvalue weighted by atomic mass is 10.1. The second-order valence-corrected chi connectivity index (χ2v) is 6.75. The summed E-state index contributed by atoms with van der Waals surface area (Å²) >= 11 is 2.00. The minimum Gasteiger partial charge on any atom is -0.486 e. The SMILES string of the molecule is CNC(CSC1CCOC1C)c1ccc2c(c1)OCCO2. The van der Waals surface area contributed by atoms with E-state index in [4.69, 9.17) is 14.2 Å². The Hall–Kier alpha value is -0.910. The summed E-state index contributed by atoms with van der Waals surface area (Å²) in [4.78, 5) is 0. The molecule has 1 aromatic carbocycles. The van der Waals surface area contributed by atoms with Gasteiger partial charge in [-0.05, 0) is 38.1 Å². The van der Waals surface area contributed by atoms with Crippen LogP contribution in [0, 0.1) is 0 Å². The molecule has 1 saturated heterocycles. The molecule has 0 aliphatic carbocycles. The maximum absolute atomic E-state index is 5.67. The van der Waals surface area contributed by atoms with E-state index in [1.807, 2.05) is 24.9 Å². The maximum Gasteiger partial charge on any atom is 0.161 e. The van der Waals surface area contributed by atoms with Crippen molar-refractivity contribution in [2.45, 2.75) is 30.7 Å². The Labute approximate surface area is 130 Å². The van der Waals surface area contributed by atoms with Gasteiger partial charge < -0.3 is 19.5 Å². The van der Waals surface area contributed by atoms with Crippen LogP contribution in [0.4, 0.5) is 0 Å². The lowest BCUT2D eigenvalue weighted by molar-refractivity contribution is 0.127. The summed E-state index contributed by atoms with van der Waals surface area (Å²) in [5.74, 6) is 2.75. The first kappa shape index (κ1) is 15.0. The first-order valence-corrected chi connectivity index (χ1v) is 8.63. The van der Waals surface area contributed by atoms with E-state index in [9.17, 15) is 0 Å². The molecule has 3 unspecified atom stereocenters. The van der Waals surface area contributed by atoms with Gasteiger partial charge in [0.1, 0.15) is 13.2 Å². The van der Waals surface area contributed by atoms with E-state index in [1.54, 1.807) is 0 Å². The topological polar surface area (TPSA) is 39.7 Å². The predicted molar refractivity (Wildman–Crippen MR) is 85.5 cm³/mol. The van der Waals surface area contributed by atoms with Crippen molar-refractivity contribution in [1.29, 1.82) is 0 Å². The zero-order chi connectivity index (χ0) is 14.7. The first-order valence-electron chi connectivity index (χ1n) is 7.58. The molecule has 1 N–H and O–H groups in total. The van der Waals surface area contributed by atoms with Crippen LogP contribution in [0.15, 0.2) is 18.2 Å². The van der Waals surface area contributed by atoms with Crippen molar-refractivity contribution in [1.82, 2.24) is 5.32 Å². The standard InChI is InChI=1S/C16H23NO3S/c1-11-16(5-6-18-11)21-10-13(17-2)12-3-4-14-15(9-12)20-8-7-19-14/h3-4,9,11,13,16-17H,5-8,10H2,1-2H3. The molecule has 21 heavy (non-hydrogen) atoms. The monoisotopic (exact) mass is 309 g/mol. The van der Waals surface area contributed by atoms with Crippen molar-refractivity contribution in [2.75, 3.05) is 32.6 Å². The van der Waals surface area contributed by atoms with E-state index in [0.29, 0.717) is 30.6 Å². The molecule has 5 heteroatoms. The Balaban J connectivity index is 1.65. The van der Waals surface area contributed by atoms with Gasteiger partial charge in [-0.2, -0.15) is 11.8 Å². The zero-order valence-electron chi connectivity index (χ0n) is 12.6. The highest BCUT2D eigenvalue weighted by atomic mass is 32.2. The molecule has 2 aliphatic heterocycles. The molecule has 0 spiro atoms. The molecule has 0 aromatic heterocycles. The minimum absolute atomic E-state index is 0.318. The molecule has 3 atom stereocenters. The Morgan fingerprint density at radius 3 is 2.76 bits per heavy atom. The van der Waals surface area contributed by atoms with Gasteiger partial charge in [0.05, 0.1) is 6.10 Å². The number of thioether (sulfide) groups is 1. The van der Waals surface area contributed by atoms with Crippen molar-refractivity contribution in [3.8, 4) is 11.5 Å². The molecule has 0 radical (unpaired) electrons. The van der Waals surface area contributed by atoms with Gasteiger partial charge in [0.25, 0.3) is 0 Å². The van der Waals surface area contributed by atoms with Crippen LogP contribution in [0.2, 0.25) is 0 Å². The van der Waals surface area contributed by atoms with Gasteiger partial charge in [0, 0.05) is 23.7 Å². The van der Waals surface area contributed by atoms with E-state index in [0.717, 1.165) is 30.3 Å². The molecule has 0 bridgehead atoms. The summed E-state index contributed by atoms with van der Waals surface area (Å²) in [6.45, 7) is 4.33. The van der Waals surface area contributed by atoms with Crippen molar-refractivity contribution in [3.63, 3.8) is 0 Å². The van der Waals surface area contributed by atoms with Gasteiger partial charge in [0.15, 0.2) is 11.5 Å². The highest BCUT2D eigenvalue weighted by Crippen LogP contribution is 2.35. The van der Waals surface area contributed by atoms with Gasteiger partial charge in [-0.1, -0.05) is 6.07 Å². The van der Waals surface area contributed by atoms with E-state index < -0.39 is 0 Å². The van der Waals surface area contributed by atoms with Gasteiger partial charge in [-0.3, -0.25) is 0 Å². The second-order valence-electron chi connectivity index (χ2n) is 5.48. The van der Waals surface area contributed by atoms with E-state index >= 15 is 0 Å². The van der Waals surface area contributed by atoms with E-state index in [1.165, 1.54) is 5.56 Å². The molecule has 0 amide bonds. The van der Waals surface area contributed by atoms with E-state index in [2.05, 4.69) is 24.4 Å². The van der Waals surface area contributed by atoms with Crippen LogP contribution in [0.5, 0.6) is 11.5 Å². The summed E-state index contributed by atoms with van der Waals surface area (Å²) in [5, 5.41) is 4.02. The number of hydrogen-bond donors (Lipinski definition) is 1. The van der Waals surface area contributed by atoms with Crippen LogP contribution in [0.1, 0.15) is 24.9 Å². The molecule has 1 aromatic rings. The molecule has 2 aliphatic rings. The summed E-state index contributed by atoms with van der Waals surface area (Å²) in [7, 11) is 2.01. The van der Waals surface area contributed by atoms with E-state index in [-0.39, 0.29) is 0 Å². The van der Waals surface area contributed by atoms with Gasteiger partial charge in [0.2, 0.25) is 0 Å². The van der Waals surface area contributed by atoms with Gasteiger partial charge >= 0.3 is 0 Å². The number of fused-ring (bicyclic) bond motifs is 1.